The maximum Gasteiger partial charge on any atom is 0.303 e. The van der Waals surface area contributed by atoms with E-state index in [0.29, 0.717) is 23.7 Å². The van der Waals surface area contributed by atoms with Crippen LogP contribution in [0.4, 0.5) is 0 Å². The van der Waals surface area contributed by atoms with E-state index in [9.17, 15) is 9.59 Å². The second-order valence-electron chi connectivity index (χ2n) is 6.08. The van der Waals surface area contributed by atoms with Crippen LogP contribution >= 0.6 is 11.6 Å². The first-order valence-electron chi connectivity index (χ1n) is 8.26. The van der Waals surface area contributed by atoms with E-state index >= 15 is 0 Å². The highest BCUT2D eigenvalue weighted by Crippen LogP contribution is 2.23. The summed E-state index contributed by atoms with van der Waals surface area (Å²) in [7, 11) is 0. The normalized spacial score (nSPS) is 17.5. The van der Waals surface area contributed by atoms with Crippen LogP contribution < -0.4 is 0 Å². The van der Waals surface area contributed by atoms with Crippen molar-refractivity contribution in [3.63, 3.8) is 0 Å². The maximum absolute atomic E-state index is 12.8. The van der Waals surface area contributed by atoms with Crippen LogP contribution in [0.15, 0.2) is 30.5 Å². The number of carbonyl (C=O) groups is 2. The van der Waals surface area contributed by atoms with E-state index in [1.54, 1.807) is 23.2 Å². The van der Waals surface area contributed by atoms with E-state index in [1.165, 1.54) is 4.68 Å². The second-order valence-corrected chi connectivity index (χ2v) is 6.49. The van der Waals surface area contributed by atoms with Crippen molar-refractivity contribution in [1.29, 1.82) is 0 Å². The molecule has 0 aliphatic carbocycles. The lowest BCUT2D eigenvalue weighted by Gasteiger charge is -2.35. The molecule has 1 atom stereocenters. The number of hydrogen-bond donors (Lipinski definition) is 1. The Balaban J connectivity index is 1.78. The Kier molecular flexibility index (Phi) is 5.33. The highest BCUT2D eigenvalue weighted by Gasteiger charge is 2.29. The first-order valence-corrected chi connectivity index (χ1v) is 8.64. The Morgan fingerprint density at radius 2 is 2.08 bits per heavy atom. The van der Waals surface area contributed by atoms with Crippen molar-refractivity contribution >= 4 is 23.5 Å². The van der Waals surface area contributed by atoms with Gasteiger partial charge in [0.15, 0.2) is 5.69 Å². The molecule has 0 spiro atoms. The average molecular weight is 363 g/mol. The predicted molar refractivity (Wildman–Crippen MR) is 91.9 cm³/mol. The molecule has 132 valence electrons. The van der Waals surface area contributed by atoms with Gasteiger partial charge in [-0.25, -0.2) is 4.68 Å². The Labute approximate surface area is 150 Å². The summed E-state index contributed by atoms with van der Waals surface area (Å²) in [6, 6.07) is 7.11. The van der Waals surface area contributed by atoms with Gasteiger partial charge in [-0.2, -0.15) is 0 Å². The lowest BCUT2D eigenvalue weighted by atomic mass is 9.97. The summed E-state index contributed by atoms with van der Waals surface area (Å²) in [5, 5.41) is 17.4. The summed E-state index contributed by atoms with van der Waals surface area (Å²) in [6.45, 7) is 0.613. The standard InChI is InChI=1S/C17H19ClN4O3/c18-13-6-1-2-7-15(13)22-11-14(19-20-22)17(25)21-10-4-3-5-12(21)8-9-16(23)24/h1-2,6-7,11-12H,3-5,8-10H2,(H,23,24)/t12-/m0/s1. The molecule has 1 N–H and O–H groups in total. The molecule has 1 aromatic heterocycles. The Bertz CT molecular complexity index is 777. The Hall–Kier alpha value is -2.41. The van der Waals surface area contributed by atoms with Crippen LogP contribution in [-0.4, -0.2) is 49.5 Å². The van der Waals surface area contributed by atoms with E-state index in [1.807, 2.05) is 12.1 Å². The molecule has 2 heterocycles. The van der Waals surface area contributed by atoms with Crippen molar-refractivity contribution in [2.75, 3.05) is 6.54 Å². The molecule has 1 aliphatic rings. The molecule has 1 saturated heterocycles. The lowest BCUT2D eigenvalue weighted by molar-refractivity contribution is -0.137. The van der Waals surface area contributed by atoms with Crippen LogP contribution in [0.2, 0.25) is 5.02 Å². The predicted octanol–water partition coefficient (Wildman–Crippen LogP) is 2.78. The number of carboxylic acids is 1. The number of carbonyl (C=O) groups excluding carboxylic acids is 1. The molecular formula is C17H19ClN4O3. The molecule has 0 unspecified atom stereocenters. The van der Waals surface area contributed by atoms with Gasteiger partial charge in [-0.05, 0) is 37.8 Å². The highest BCUT2D eigenvalue weighted by atomic mass is 35.5. The molecule has 7 nitrogen and oxygen atoms in total. The van der Waals surface area contributed by atoms with E-state index < -0.39 is 5.97 Å². The van der Waals surface area contributed by atoms with Crippen LogP contribution in [0.5, 0.6) is 0 Å². The van der Waals surface area contributed by atoms with Gasteiger partial charge >= 0.3 is 5.97 Å². The first kappa shape index (κ1) is 17.4. The third kappa shape index (κ3) is 3.99. The van der Waals surface area contributed by atoms with E-state index in [0.717, 1.165) is 19.3 Å². The summed E-state index contributed by atoms with van der Waals surface area (Å²) >= 11 is 6.15. The number of benzene rings is 1. The van der Waals surface area contributed by atoms with Gasteiger partial charge in [0.1, 0.15) is 0 Å². The zero-order chi connectivity index (χ0) is 17.8. The number of aromatic nitrogens is 3. The van der Waals surface area contributed by atoms with Crippen molar-refractivity contribution in [1.82, 2.24) is 19.9 Å². The fraction of sp³-hybridized carbons (Fsp3) is 0.412. The molecular weight excluding hydrogens is 344 g/mol. The number of aliphatic carboxylic acids is 1. The van der Waals surface area contributed by atoms with Gasteiger partial charge in [0.25, 0.3) is 5.91 Å². The van der Waals surface area contributed by atoms with Gasteiger partial charge in [-0.1, -0.05) is 28.9 Å². The molecule has 0 saturated carbocycles. The monoisotopic (exact) mass is 362 g/mol. The number of amides is 1. The third-order valence-electron chi connectivity index (χ3n) is 4.39. The van der Waals surface area contributed by atoms with E-state index in [-0.39, 0.29) is 24.1 Å². The van der Waals surface area contributed by atoms with Crippen LogP contribution in [0, 0.1) is 0 Å². The molecule has 1 fully saturated rings. The maximum atomic E-state index is 12.8. The van der Waals surface area contributed by atoms with Gasteiger partial charge in [0.05, 0.1) is 16.9 Å². The first-order chi connectivity index (χ1) is 12.1. The summed E-state index contributed by atoms with van der Waals surface area (Å²) in [5.74, 6) is -1.06. The fourth-order valence-electron chi connectivity index (χ4n) is 3.12. The van der Waals surface area contributed by atoms with E-state index in [2.05, 4.69) is 10.3 Å². The van der Waals surface area contributed by atoms with Crippen molar-refractivity contribution in [2.24, 2.45) is 0 Å². The molecule has 1 aromatic carbocycles. The minimum Gasteiger partial charge on any atom is -0.481 e. The molecule has 1 aliphatic heterocycles. The second kappa shape index (κ2) is 7.65. The molecule has 3 rings (SSSR count). The minimum absolute atomic E-state index is 0.0563. The summed E-state index contributed by atoms with van der Waals surface area (Å²) in [4.78, 5) is 25.4. The molecule has 25 heavy (non-hydrogen) atoms. The topological polar surface area (TPSA) is 88.3 Å². The SMILES string of the molecule is O=C(O)CC[C@@H]1CCCCN1C(=O)c1cn(-c2ccccc2Cl)nn1. The Morgan fingerprint density at radius 1 is 1.28 bits per heavy atom. The molecule has 2 aromatic rings. The van der Waals surface area contributed by atoms with Crippen molar-refractivity contribution < 1.29 is 14.7 Å². The molecule has 0 radical (unpaired) electrons. The molecule has 8 heteroatoms. The van der Waals surface area contributed by atoms with Gasteiger partial charge in [-0.15, -0.1) is 5.10 Å². The van der Waals surface area contributed by atoms with Gasteiger partial charge < -0.3 is 10.0 Å². The number of likely N-dealkylation sites (tertiary alicyclic amines) is 1. The quantitative estimate of drug-likeness (QED) is 0.883. The number of para-hydroxylation sites is 1. The number of nitrogens with zero attached hydrogens (tertiary/aromatic N) is 4. The van der Waals surface area contributed by atoms with Crippen LogP contribution in [0.3, 0.4) is 0 Å². The van der Waals surface area contributed by atoms with Crippen molar-refractivity contribution in [2.45, 2.75) is 38.1 Å². The zero-order valence-electron chi connectivity index (χ0n) is 13.6. The fourth-order valence-corrected chi connectivity index (χ4v) is 3.34. The summed E-state index contributed by atoms with van der Waals surface area (Å²) < 4.78 is 1.48. The lowest BCUT2D eigenvalue weighted by Crippen LogP contribution is -2.44. The van der Waals surface area contributed by atoms with Gasteiger partial charge in [-0.3, -0.25) is 9.59 Å². The van der Waals surface area contributed by atoms with E-state index in [4.69, 9.17) is 16.7 Å². The minimum atomic E-state index is -0.845. The highest BCUT2D eigenvalue weighted by molar-refractivity contribution is 6.32. The Morgan fingerprint density at radius 3 is 2.84 bits per heavy atom. The smallest absolute Gasteiger partial charge is 0.303 e. The summed E-state index contributed by atoms with van der Waals surface area (Å²) in [5.41, 5.74) is 0.888. The van der Waals surface area contributed by atoms with Gasteiger partial charge in [0.2, 0.25) is 0 Å². The third-order valence-corrected chi connectivity index (χ3v) is 4.71. The number of carboxylic acid groups (broad SMARTS) is 1. The van der Waals surface area contributed by atoms with Gasteiger partial charge in [0, 0.05) is 19.0 Å². The number of halogens is 1. The average Bonchev–Trinajstić information content (AvgIpc) is 3.10. The van der Waals surface area contributed by atoms with Crippen LogP contribution in [0.1, 0.15) is 42.6 Å². The zero-order valence-corrected chi connectivity index (χ0v) is 14.4. The molecule has 1 amide bonds. The number of rotatable bonds is 5. The van der Waals surface area contributed by atoms with Crippen molar-refractivity contribution in [3.8, 4) is 5.69 Å². The summed E-state index contributed by atoms with van der Waals surface area (Å²) in [6.07, 6.45) is 4.80. The van der Waals surface area contributed by atoms with Crippen LogP contribution in [0.25, 0.3) is 5.69 Å². The number of hydrogen-bond acceptors (Lipinski definition) is 4. The number of piperidine rings is 1. The van der Waals surface area contributed by atoms with Crippen LogP contribution in [-0.2, 0) is 4.79 Å². The molecule has 0 bridgehead atoms. The van der Waals surface area contributed by atoms with Crippen molar-refractivity contribution in [3.05, 3.63) is 41.2 Å². The largest absolute Gasteiger partial charge is 0.481 e.